The molecule has 1 aliphatic rings. The van der Waals surface area contributed by atoms with Crippen molar-refractivity contribution in [3.05, 3.63) is 64.3 Å². The number of thioether (sulfide) groups is 1. The first-order chi connectivity index (χ1) is 14.8. The minimum atomic E-state index is -1.01. The molecule has 2 aromatic rings. The fraction of sp³-hybridized carbons (Fsp3) is 0.227. The van der Waals surface area contributed by atoms with Gasteiger partial charge in [-0.2, -0.15) is 0 Å². The summed E-state index contributed by atoms with van der Waals surface area (Å²) in [7, 11) is 2.68. The summed E-state index contributed by atoms with van der Waals surface area (Å²) in [6, 6.07) is 10.00. The largest absolute Gasteiger partial charge is 0.493 e. The Morgan fingerprint density at radius 3 is 2.48 bits per heavy atom. The van der Waals surface area contributed by atoms with E-state index in [1.54, 1.807) is 36.4 Å². The summed E-state index contributed by atoms with van der Waals surface area (Å²) in [5.41, 5.74) is 1.41. The number of hydrogen-bond donors (Lipinski definition) is 0. The van der Waals surface area contributed by atoms with Crippen LogP contribution < -0.4 is 9.47 Å². The molecule has 162 valence electrons. The molecule has 3 rings (SSSR count). The summed E-state index contributed by atoms with van der Waals surface area (Å²) in [5.74, 6) is -0.665. The van der Waals surface area contributed by atoms with E-state index in [9.17, 15) is 18.8 Å². The molecule has 0 aromatic heterocycles. The minimum Gasteiger partial charge on any atom is -0.493 e. The number of halogens is 1. The number of carbonyl (C=O) groups is 3. The van der Waals surface area contributed by atoms with Crippen molar-refractivity contribution in [2.24, 2.45) is 0 Å². The van der Waals surface area contributed by atoms with Gasteiger partial charge in [0.15, 0.2) is 11.5 Å². The van der Waals surface area contributed by atoms with E-state index in [4.69, 9.17) is 9.47 Å². The highest BCUT2D eigenvalue weighted by atomic mass is 32.2. The second-order valence-corrected chi connectivity index (χ2v) is 7.57. The summed E-state index contributed by atoms with van der Waals surface area (Å²) in [6.45, 7) is 1.65. The summed E-state index contributed by atoms with van der Waals surface area (Å²) in [5, 5.41) is -0.541. The molecule has 9 heteroatoms. The van der Waals surface area contributed by atoms with Crippen molar-refractivity contribution in [1.82, 2.24) is 4.90 Å². The Morgan fingerprint density at radius 1 is 1.13 bits per heavy atom. The standard InChI is InChI=1S/C22H20FNO6S/c1-13(21(26)29-3)24-20(25)19(31-22(24)27)11-15-6-9-17(18(10-15)28-2)30-12-14-4-7-16(23)8-5-14/h4-11,13H,12H2,1-3H3/b19-11+/t13-/m0/s1. The molecule has 0 aliphatic carbocycles. The van der Waals surface area contributed by atoms with Crippen LogP contribution in [0.25, 0.3) is 6.08 Å². The molecular weight excluding hydrogens is 425 g/mol. The van der Waals surface area contributed by atoms with Crippen LogP contribution in [0.2, 0.25) is 0 Å². The predicted octanol–water partition coefficient (Wildman–Crippen LogP) is 4.01. The Labute approximate surface area is 182 Å². The monoisotopic (exact) mass is 445 g/mol. The van der Waals surface area contributed by atoms with E-state index in [-0.39, 0.29) is 17.3 Å². The highest BCUT2D eigenvalue weighted by Crippen LogP contribution is 2.35. The van der Waals surface area contributed by atoms with Crippen LogP contribution in [0.4, 0.5) is 9.18 Å². The average molecular weight is 445 g/mol. The summed E-state index contributed by atoms with van der Waals surface area (Å²) in [6.07, 6.45) is 1.54. The molecule has 0 spiro atoms. The van der Waals surface area contributed by atoms with Crippen molar-refractivity contribution in [1.29, 1.82) is 0 Å². The van der Waals surface area contributed by atoms with Gasteiger partial charge in [-0.3, -0.25) is 14.5 Å². The number of rotatable bonds is 7. The van der Waals surface area contributed by atoms with Crippen molar-refractivity contribution in [2.75, 3.05) is 14.2 Å². The molecule has 1 saturated heterocycles. The molecule has 2 aromatic carbocycles. The molecule has 0 unspecified atom stereocenters. The van der Waals surface area contributed by atoms with Crippen molar-refractivity contribution < 1.29 is 33.0 Å². The van der Waals surface area contributed by atoms with E-state index < -0.39 is 23.2 Å². The van der Waals surface area contributed by atoms with Crippen LogP contribution >= 0.6 is 11.8 Å². The molecule has 2 amide bonds. The van der Waals surface area contributed by atoms with Gasteiger partial charge < -0.3 is 14.2 Å². The first kappa shape index (κ1) is 22.4. The zero-order valence-electron chi connectivity index (χ0n) is 17.1. The number of ether oxygens (including phenoxy) is 3. The van der Waals surface area contributed by atoms with E-state index in [2.05, 4.69) is 4.74 Å². The van der Waals surface area contributed by atoms with E-state index in [0.29, 0.717) is 17.1 Å². The lowest BCUT2D eigenvalue weighted by atomic mass is 10.1. The highest BCUT2D eigenvalue weighted by molar-refractivity contribution is 8.18. The van der Waals surface area contributed by atoms with E-state index >= 15 is 0 Å². The van der Waals surface area contributed by atoms with Gasteiger partial charge in [0.1, 0.15) is 18.5 Å². The number of methoxy groups -OCH3 is 2. The van der Waals surface area contributed by atoms with E-state index in [1.165, 1.54) is 33.3 Å². The van der Waals surface area contributed by atoms with Gasteiger partial charge in [-0.1, -0.05) is 18.2 Å². The lowest BCUT2D eigenvalue weighted by Crippen LogP contribution is -2.42. The molecule has 31 heavy (non-hydrogen) atoms. The molecule has 7 nitrogen and oxygen atoms in total. The van der Waals surface area contributed by atoms with Crippen LogP contribution in [0.1, 0.15) is 18.1 Å². The van der Waals surface area contributed by atoms with Gasteiger partial charge >= 0.3 is 5.97 Å². The SMILES string of the molecule is COC(=O)[C@H](C)N1C(=O)S/C(=C/c2ccc(OCc3ccc(F)cc3)c(OC)c2)C1=O. The Bertz CT molecular complexity index is 1040. The van der Waals surface area contributed by atoms with Crippen molar-refractivity contribution in [2.45, 2.75) is 19.6 Å². The molecular formula is C22H20FNO6S. The van der Waals surface area contributed by atoms with Crippen LogP contribution in [0.15, 0.2) is 47.4 Å². The summed E-state index contributed by atoms with van der Waals surface area (Å²) < 4.78 is 28.8. The Balaban J connectivity index is 1.76. The van der Waals surface area contributed by atoms with Crippen molar-refractivity contribution in [3.63, 3.8) is 0 Å². The smallest absolute Gasteiger partial charge is 0.328 e. The third-order valence-corrected chi connectivity index (χ3v) is 5.43. The Morgan fingerprint density at radius 2 is 1.84 bits per heavy atom. The quantitative estimate of drug-likeness (QED) is 0.470. The van der Waals surface area contributed by atoms with Crippen LogP contribution in [0, 0.1) is 5.82 Å². The third-order valence-electron chi connectivity index (χ3n) is 4.55. The lowest BCUT2D eigenvalue weighted by molar-refractivity contribution is -0.148. The number of amides is 2. The topological polar surface area (TPSA) is 82.1 Å². The average Bonchev–Trinajstić information content (AvgIpc) is 3.05. The summed E-state index contributed by atoms with van der Waals surface area (Å²) >= 11 is 0.747. The van der Waals surface area contributed by atoms with E-state index in [0.717, 1.165) is 22.2 Å². The molecule has 0 radical (unpaired) electrons. The number of benzene rings is 2. The fourth-order valence-corrected chi connectivity index (χ4v) is 3.78. The maximum absolute atomic E-state index is 13.0. The Kier molecular flexibility index (Phi) is 6.96. The Hall–Kier alpha value is -3.33. The number of hydrogen-bond acceptors (Lipinski definition) is 7. The van der Waals surface area contributed by atoms with E-state index in [1.807, 2.05) is 0 Å². The second-order valence-electron chi connectivity index (χ2n) is 6.58. The lowest BCUT2D eigenvalue weighted by Gasteiger charge is -2.18. The van der Waals surface area contributed by atoms with Gasteiger partial charge in [0.25, 0.3) is 11.1 Å². The van der Waals surface area contributed by atoms with Gasteiger partial charge in [-0.05, 0) is 60.2 Å². The van der Waals surface area contributed by atoms with Crippen molar-refractivity contribution in [3.8, 4) is 11.5 Å². The van der Waals surface area contributed by atoms with Crippen LogP contribution in [0.5, 0.6) is 11.5 Å². The zero-order valence-corrected chi connectivity index (χ0v) is 17.9. The number of imide groups is 1. The van der Waals surface area contributed by atoms with Gasteiger partial charge in [0.05, 0.1) is 19.1 Å². The van der Waals surface area contributed by atoms with Gasteiger partial charge in [-0.15, -0.1) is 0 Å². The number of esters is 1. The molecule has 1 aliphatic heterocycles. The maximum Gasteiger partial charge on any atom is 0.328 e. The zero-order chi connectivity index (χ0) is 22.5. The van der Waals surface area contributed by atoms with Crippen molar-refractivity contribution >= 4 is 35.0 Å². The molecule has 1 atom stereocenters. The van der Waals surface area contributed by atoms with Crippen LogP contribution in [-0.4, -0.2) is 42.3 Å². The molecule has 1 fully saturated rings. The normalized spacial score (nSPS) is 15.9. The molecule has 0 N–H and O–H groups in total. The number of nitrogens with zero attached hydrogens (tertiary/aromatic N) is 1. The molecule has 0 saturated carbocycles. The minimum absolute atomic E-state index is 0.183. The summed E-state index contributed by atoms with van der Waals surface area (Å²) in [4.78, 5) is 37.6. The first-order valence-corrected chi connectivity index (χ1v) is 10.1. The maximum atomic E-state index is 13.0. The fourth-order valence-electron chi connectivity index (χ4n) is 2.88. The van der Waals surface area contributed by atoms with Gasteiger partial charge in [-0.25, -0.2) is 9.18 Å². The van der Waals surface area contributed by atoms with Gasteiger partial charge in [0, 0.05) is 0 Å². The molecule has 1 heterocycles. The number of carbonyl (C=O) groups excluding carboxylic acids is 3. The molecule has 0 bridgehead atoms. The predicted molar refractivity (Wildman–Crippen MR) is 113 cm³/mol. The van der Waals surface area contributed by atoms with Gasteiger partial charge in [0.2, 0.25) is 0 Å². The highest BCUT2D eigenvalue weighted by Gasteiger charge is 2.41. The van der Waals surface area contributed by atoms with Crippen LogP contribution in [-0.2, 0) is 20.9 Å². The second kappa shape index (κ2) is 9.65. The van der Waals surface area contributed by atoms with Crippen LogP contribution in [0.3, 0.4) is 0 Å². The third kappa shape index (κ3) is 5.05. The first-order valence-electron chi connectivity index (χ1n) is 9.24.